The lowest BCUT2D eigenvalue weighted by atomic mass is 9.93. The summed E-state index contributed by atoms with van der Waals surface area (Å²) >= 11 is 0. The molecule has 1 saturated heterocycles. The Kier molecular flexibility index (Phi) is 3.83. The maximum atomic E-state index is 12.4. The Labute approximate surface area is 115 Å². The highest BCUT2D eigenvalue weighted by atomic mass is 16.2. The summed E-state index contributed by atoms with van der Waals surface area (Å²) in [6.07, 6.45) is 4.70. The van der Waals surface area contributed by atoms with Crippen LogP contribution < -0.4 is 5.32 Å². The molecule has 0 aliphatic carbocycles. The van der Waals surface area contributed by atoms with Gasteiger partial charge in [-0.15, -0.1) is 0 Å². The summed E-state index contributed by atoms with van der Waals surface area (Å²) < 4.78 is 0. The number of rotatable bonds is 3. The minimum atomic E-state index is 0.232. The molecule has 2 heterocycles. The molecule has 1 aromatic rings. The normalized spacial score (nSPS) is 20.4. The number of hydrogen-bond donors (Lipinski definition) is 1. The van der Waals surface area contributed by atoms with Crippen LogP contribution in [0.1, 0.15) is 35.2 Å². The Morgan fingerprint density at radius 1 is 1.21 bits per heavy atom. The smallest absolute Gasteiger partial charge is 0.254 e. The van der Waals surface area contributed by atoms with Gasteiger partial charge in [0.15, 0.2) is 0 Å². The monoisotopic (exact) mass is 258 g/mol. The summed E-state index contributed by atoms with van der Waals surface area (Å²) in [5.74, 6) is 1.03. The number of fused-ring (bicyclic) bond motifs is 1. The van der Waals surface area contributed by atoms with E-state index in [1.54, 1.807) is 0 Å². The van der Waals surface area contributed by atoms with E-state index in [1.807, 2.05) is 23.1 Å². The Morgan fingerprint density at radius 2 is 2.00 bits per heavy atom. The van der Waals surface area contributed by atoms with E-state index in [9.17, 15) is 4.79 Å². The SMILES string of the molecule is O=C1c2ccccc2CCN1CCC1CCNCC1. The van der Waals surface area contributed by atoms with Gasteiger partial charge in [0, 0.05) is 18.7 Å². The molecular formula is C16H22N2O. The number of nitrogens with one attached hydrogen (secondary N) is 1. The van der Waals surface area contributed by atoms with Crippen LogP contribution in [0.3, 0.4) is 0 Å². The van der Waals surface area contributed by atoms with Gasteiger partial charge in [0.1, 0.15) is 0 Å². The van der Waals surface area contributed by atoms with Crippen LogP contribution >= 0.6 is 0 Å². The number of piperidine rings is 1. The second-order valence-corrected chi connectivity index (χ2v) is 5.68. The van der Waals surface area contributed by atoms with Crippen LogP contribution in [0.15, 0.2) is 24.3 Å². The van der Waals surface area contributed by atoms with Crippen LogP contribution in [-0.2, 0) is 6.42 Å². The van der Waals surface area contributed by atoms with E-state index in [4.69, 9.17) is 0 Å². The van der Waals surface area contributed by atoms with Gasteiger partial charge in [0.2, 0.25) is 0 Å². The summed E-state index contributed by atoms with van der Waals surface area (Å²) in [6.45, 7) is 4.10. The van der Waals surface area contributed by atoms with E-state index >= 15 is 0 Å². The van der Waals surface area contributed by atoms with Gasteiger partial charge < -0.3 is 10.2 Å². The third-order valence-electron chi connectivity index (χ3n) is 4.45. The first-order valence-corrected chi connectivity index (χ1v) is 7.42. The van der Waals surface area contributed by atoms with Crippen molar-refractivity contribution in [3.8, 4) is 0 Å². The molecule has 2 aliphatic rings. The molecule has 0 atom stereocenters. The summed E-state index contributed by atoms with van der Waals surface area (Å²) in [6, 6.07) is 8.04. The van der Waals surface area contributed by atoms with Gasteiger partial charge in [0.25, 0.3) is 5.91 Å². The quantitative estimate of drug-likeness (QED) is 0.900. The van der Waals surface area contributed by atoms with Crippen LogP contribution in [-0.4, -0.2) is 37.0 Å². The average molecular weight is 258 g/mol. The molecule has 19 heavy (non-hydrogen) atoms. The van der Waals surface area contributed by atoms with E-state index in [1.165, 1.54) is 18.4 Å². The maximum Gasteiger partial charge on any atom is 0.254 e. The van der Waals surface area contributed by atoms with Crippen LogP contribution in [0.2, 0.25) is 0 Å². The Bertz CT molecular complexity index is 452. The van der Waals surface area contributed by atoms with Gasteiger partial charge in [-0.2, -0.15) is 0 Å². The van der Waals surface area contributed by atoms with Gasteiger partial charge in [0.05, 0.1) is 0 Å². The third-order valence-corrected chi connectivity index (χ3v) is 4.45. The van der Waals surface area contributed by atoms with Crippen molar-refractivity contribution in [3.05, 3.63) is 35.4 Å². The second-order valence-electron chi connectivity index (χ2n) is 5.68. The van der Waals surface area contributed by atoms with Crippen LogP contribution in [0, 0.1) is 5.92 Å². The van der Waals surface area contributed by atoms with Crippen LogP contribution in [0.4, 0.5) is 0 Å². The van der Waals surface area contributed by atoms with E-state index in [0.717, 1.165) is 50.5 Å². The lowest BCUT2D eigenvalue weighted by Crippen LogP contribution is -2.39. The molecule has 102 valence electrons. The highest BCUT2D eigenvalue weighted by molar-refractivity contribution is 5.96. The predicted octanol–water partition coefficient (Wildman–Crippen LogP) is 2.07. The van der Waals surface area contributed by atoms with Crippen molar-refractivity contribution in [3.63, 3.8) is 0 Å². The van der Waals surface area contributed by atoms with Crippen molar-refractivity contribution < 1.29 is 4.79 Å². The van der Waals surface area contributed by atoms with E-state index in [-0.39, 0.29) is 5.91 Å². The molecule has 0 spiro atoms. The van der Waals surface area contributed by atoms with Gasteiger partial charge in [-0.3, -0.25) is 4.79 Å². The van der Waals surface area contributed by atoms with Crippen molar-refractivity contribution in [1.82, 2.24) is 10.2 Å². The number of benzene rings is 1. The first-order valence-electron chi connectivity index (χ1n) is 7.42. The minimum Gasteiger partial charge on any atom is -0.338 e. The number of carbonyl (C=O) groups excluding carboxylic acids is 1. The Hall–Kier alpha value is -1.35. The minimum absolute atomic E-state index is 0.232. The van der Waals surface area contributed by atoms with Gasteiger partial charge in [-0.25, -0.2) is 0 Å². The fourth-order valence-electron chi connectivity index (χ4n) is 3.20. The lowest BCUT2D eigenvalue weighted by molar-refractivity contribution is 0.0726. The van der Waals surface area contributed by atoms with Gasteiger partial charge in [-0.1, -0.05) is 18.2 Å². The number of amides is 1. The first kappa shape index (κ1) is 12.7. The topological polar surface area (TPSA) is 32.3 Å². The summed E-state index contributed by atoms with van der Waals surface area (Å²) in [5, 5.41) is 3.39. The molecule has 0 radical (unpaired) electrons. The summed E-state index contributed by atoms with van der Waals surface area (Å²) in [4.78, 5) is 14.4. The van der Waals surface area contributed by atoms with Gasteiger partial charge in [-0.05, 0) is 56.3 Å². The molecule has 3 nitrogen and oxygen atoms in total. The average Bonchev–Trinajstić information content (AvgIpc) is 2.48. The highest BCUT2D eigenvalue weighted by Gasteiger charge is 2.24. The zero-order valence-corrected chi connectivity index (χ0v) is 11.4. The molecule has 0 unspecified atom stereocenters. The summed E-state index contributed by atoms with van der Waals surface area (Å²) in [5.41, 5.74) is 2.13. The maximum absolute atomic E-state index is 12.4. The molecule has 1 amide bonds. The lowest BCUT2D eigenvalue weighted by Gasteiger charge is -2.31. The van der Waals surface area contributed by atoms with Crippen LogP contribution in [0.25, 0.3) is 0 Å². The van der Waals surface area contributed by atoms with E-state index < -0.39 is 0 Å². The summed E-state index contributed by atoms with van der Waals surface area (Å²) in [7, 11) is 0. The zero-order chi connectivity index (χ0) is 13.1. The first-order chi connectivity index (χ1) is 9.34. The molecule has 1 N–H and O–H groups in total. The number of carbonyl (C=O) groups is 1. The largest absolute Gasteiger partial charge is 0.338 e. The van der Waals surface area contributed by atoms with Crippen LogP contribution in [0.5, 0.6) is 0 Å². The molecular weight excluding hydrogens is 236 g/mol. The molecule has 1 fully saturated rings. The molecule has 1 aromatic carbocycles. The highest BCUT2D eigenvalue weighted by Crippen LogP contribution is 2.21. The fourth-order valence-corrected chi connectivity index (χ4v) is 3.20. The molecule has 2 aliphatic heterocycles. The molecule has 0 saturated carbocycles. The van der Waals surface area contributed by atoms with E-state index in [2.05, 4.69) is 11.4 Å². The molecule has 3 heteroatoms. The predicted molar refractivity (Wildman–Crippen MR) is 76.3 cm³/mol. The molecule has 0 aromatic heterocycles. The van der Waals surface area contributed by atoms with Crippen molar-refractivity contribution in [2.45, 2.75) is 25.7 Å². The van der Waals surface area contributed by atoms with Crippen molar-refractivity contribution in [2.75, 3.05) is 26.2 Å². The van der Waals surface area contributed by atoms with Crippen molar-refractivity contribution in [1.29, 1.82) is 0 Å². The molecule has 0 bridgehead atoms. The van der Waals surface area contributed by atoms with Crippen molar-refractivity contribution >= 4 is 5.91 Å². The Balaban J connectivity index is 1.59. The number of nitrogens with zero attached hydrogens (tertiary/aromatic N) is 1. The van der Waals surface area contributed by atoms with Crippen molar-refractivity contribution in [2.24, 2.45) is 5.92 Å². The molecule has 3 rings (SSSR count). The van der Waals surface area contributed by atoms with E-state index in [0.29, 0.717) is 0 Å². The fraction of sp³-hybridized carbons (Fsp3) is 0.562. The standard InChI is InChI=1S/C16H22N2O/c19-16-15-4-2-1-3-14(15)8-12-18(16)11-7-13-5-9-17-10-6-13/h1-4,13,17H,5-12H2. The number of hydrogen-bond acceptors (Lipinski definition) is 2. The second kappa shape index (κ2) is 5.74. The van der Waals surface area contributed by atoms with Gasteiger partial charge >= 0.3 is 0 Å². The Morgan fingerprint density at radius 3 is 2.84 bits per heavy atom. The third kappa shape index (κ3) is 2.81. The zero-order valence-electron chi connectivity index (χ0n) is 11.4.